The molecule has 5 heteroatoms. The molecule has 2 heterocycles. The summed E-state index contributed by atoms with van der Waals surface area (Å²) in [7, 11) is 0. The number of fused-ring (bicyclic) bond motifs is 1. The van der Waals surface area contributed by atoms with E-state index >= 15 is 0 Å². The van der Waals surface area contributed by atoms with Crippen molar-refractivity contribution in [2.45, 2.75) is 33.2 Å². The van der Waals surface area contributed by atoms with Crippen molar-refractivity contribution in [2.24, 2.45) is 0 Å². The Bertz CT molecular complexity index is 859. The number of imidazole rings is 1. The molecule has 0 bridgehead atoms. The highest BCUT2D eigenvalue weighted by Crippen LogP contribution is 2.31. The molecule has 5 nitrogen and oxygen atoms in total. The number of rotatable bonds is 1. The highest BCUT2D eigenvalue weighted by atomic mass is 16.5. The fourth-order valence-electron chi connectivity index (χ4n) is 2.46. The molecule has 0 fully saturated rings. The lowest BCUT2D eigenvalue weighted by molar-refractivity contribution is 0.391. The van der Waals surface area contributed by atoms with Gasteiger partial charge in [0.1, 0.15) is 0 Å². The average molecular weight is 280 g/mol. The molecular weight excluding hydrogens is 264 g/mol. The van der Waals surface area contributed by atoms with Crippen molar-refractivity contribution in [1.29, 1.82) is 5.26 Å². The Morgan fingerprint density at radius 1 is 1.24 bits per heavy atom. The smallest absolute Gasteiger partial charge is 0.202 e. The second-order valence-electron chi connectivity index (χ2n) is 6.09. The van der Waals surface area contributed by atoms with Crippen LogP contribution in [0.2, 0.25) is 0 Å². The quantitative estimate of drug-likeness (QED) is 0.682. The van der Waals surface area contributed by atoms with Gasteiger partial charge in [0.15, 0.2) is 5.82 Å². The van der Waals surface area contributed by atoms with Gasteiger partial charge in [0.2, 0.25) is 5.76 Å². The van der Waals surface area contributed by atoms with E-state index in [4.69, 9.17) is 9.78 Å². The van der Waals surface area contributed by atoms with Crippen LogP contribution in [0, 0.1) is 18.3 Å². The van der Waals surface area contributed by atoms with Crippen molar-refractivity contribution in [1.82, 2.24) is 14.7 Å². The van der Waals surface area contributed by atoms with Gasteiger partial charge in [-0.1, -0.05) is 5.16 Å². The maximum atomic E-state index is 9.04. The van der Waals surface area contributed by atoms with Crippen LogP contribution in [-0.4, -0.2) is 14.7 Å². The van der Waals surface area contributed by atoms with E-state index < -0.39 is 0 Å². The first-order valence-electron chi connectivity index (χ1n) is 6.77. The van der Waals surface area contributed by atoms with E-state index in [-0.39, 0.29) is 5.54 Å². The van der Waals surface area contributed by atoms with E-state index in [1.54, 1.807) is 6.07 Å². The first-order chi connectivity index (χ1) is 9.90. The summed E-state index contributed by atoms with van der Waals surface area (Å²) in [5, 5.41) is 13.0. The minimum atomic E-state index is -0.168. The predicted molar refractivity (Wildman–Crippen MR) is 79.7 cm³/mol. The zero-order chi connectivity index (χ0) is 15.2. The number of aromatic nitrogens is 3. The molecule has 0 aliphatic carbocycles. The van der Waals surface area contributed by atoms with Crippen LogP contribution >= 0.6 is 0 Å². The van der Waals surface area contributed by atoms with Gasteiger partial charge in [0.25, 0.3) is 0 Å². The van der Waals surface area contributed by atoms with Gasteiger partial charge in [0, 0.05) is 11.6 Å². The minimum Gasteiger partial charge on any atom is -0.353 e. The van der Waals surface area contributed by atoms with Crippen molar-refractivity contribution in [3.8, 4) is 17.7 Å². The van der Waals surface area contributed by atoms with Gasteiger partial charge >= 0.3 is 0 Å². The predicted octanol–water partition coefficient (Wildman–Crippen LogP) is 3.63. The van der Waals surface area contributed by atoms with Crippen LogP contribution in [0.4, 0.5) is 0 Å². The molecular formula is C16H16N4O. The lowest BCUT2D eigenvalue weighted by Crippen LogP contribution is -2.22. The van der Waals surface area contributed by atoms with E-state index in [9.17, 15) is 0 Å². The molecule has 0 spiro atoms. The zero-order valence-electron chi connectivity index (χ0n) is 12.5. The molecule has 0 aliphatic heterocycles. The Kier molecular flexibility index (Phi) is 2.84. The van der Waals surface area contributed by atoms with Crippen LogP contribution in [0.15, 0.2) is 28.8 Å². The minimum absolute atomic E-state index is 0.168. The molecule has 106 valence electrons. The number of aryl methyl sites for hydroxylation is 1. The van der Waals surface area contributed by atoms with Gasteiger partial charge in [-0.2, -0.15) is 5.26 Å². The summed E-state index contributed by atoms with van der Waals surface area (Å²) in [5.74, 6) is 1.37. The molecule has 3 aromatic rings. The molecule has 0 saturated heterocycles. The Hall–Kier alpha value is -2.61. The monoisotopic (exact) mass is 280 g/mol. The Balaban J connectivity index is 2.35. The van der Waals surface area contributed by atoms with Gasteiger partial charge in [-0.05, 0) is 45.9 Å². The van der Waals surface area contributed by atoms with Crippen molar-refractivity contribution < 1.29 is 4.52 Å². The van der Waals surface area contributed by atoms with Gasteiger partial charge < -0.3 is 9.09 Å². The standard InChI is InChI=1S/C16H16N4O/c1-10-7-14(21-19-10)15-18-12-8-11(9-17)5-6-13(12)20(15)16(2,3)4/h5-8H,1-4H3. The van der Waals surface area contributed by atoms with E-state index in [1.165, 1.54) is 0 Å². The highest BCUT2D eigenvalue weighted by Gasteiger charge is 2.24. The van der Waals surface area contributed by atoms with Crippen LogP contribution in [0.1, 0.15) is 32.0 Å². The third-order valence-electron chi connectivity index (χ3n) is 3.30. The second-order valence-corrected chi connectivity index (χ2v) is 6.09. The number of hydrogen-bond donors (Lipinski definition) is 0. The highest BCUT2D eigenvalue weighted by molar-refractivity contribution is 5.81. The number of nitrogens with zero attached hydrogens (tertiary/aromatic N) is 4. The number of hydrogen-bond acceptors (Lipinski definition) is 4. The third-order valence-corrected chi connectivity index (χ3v) is 3.30. The summed E-state index contributed by atoms with van der Waals surface area (Å²) in [6.45, 7) is 8.21. The topological polar surface area (TPSA) is 67.6 Å². The molecule has 1 aromatic carbocycles. The second kappa shape index (κ2) is 4.45. The first-order valence-corrected chi connectivity index (χ1v) is 6.77. The van der Waals surface area contributed by atoms with E-state index in [0.717, 1.165) is 22.6 Å². The molecule has 2 aromatic heterocycles. The Morgan fingerprint density at radius 2 is 2.00 bits per heavy atom. The van der Waals surface area contributed by atoms with E-state index in [1.807, 2.05) is 25.1 Å². The van der Waals surface area contributed by atoms with Crippen molar-refractivity contribution in [3.63, 3.8) is 0 Å². The Morgan fingerprint density at radius 3 is 2.57 bits per heavy atom. The summed E-state index contributed by atoms with van der Waals surface area (Å²) in [5.41, 5.74) is 3.01. The average Bonchev–Trinajstić information content (AvgIpc) is 3.00. The largest absolute Gasteiger partial charge is 0.353 e. The van der Waals surface area contributed by atoms with Gasteiger partial charge in [-0.25, -0.2) is 4.98 Å². The lowest BCUT2D eigenvalue weighted by Gasteiger charge is -2.23. The van der Waals surface area contributed by atoms with Crippen molar-refractivity contribution in [3.05, 3.63) is 35.5 Å². The fraction of sp³-hybridized carbons (Fsp3) is 0.312. The molecule has 0 aliphatic rings. The van der Waals surface area contributed by atoms with Crippen LogP contribution in [0.25, 0.3) is 22.6 Å². The third kappa shape index (κ3) is 2.19. The van der Waals surface area contributed by atoms with E-state index in [2.05, 4.69) is 41.5 Å². The molecule has 0 amide bonds. The molecule has 0 atom stereocenters. The maximum Gasteiger partial charge on any atom is 0.202 e. The summed E-state index contributed by atoms with van der Waals surface area (Å²) in [6.07, 6.45) is 0. The normalized spacial score (nSPS) is 11.8. The van der Waals surface area contributed by atoms with Gasteiger partial charge in [-0.3, -0.25) is 0 Å². The number of nitriles is 1. The fourth-order valence-corrected chi connectivity index (χ4v) is 2.46. The van der Waals surface area contributed by atoms with Crippen LogP contribution in [0.5, 0.6) is 0 Å². The first kappa shape index (κ1) is 13.4. The van der Waals surface area contributed by atoms with Crippen molar-refractivity contribution >= 4 is 11.0 Å². The van der Waals surface area contributed by atoms with Crippen LogP contribution in [-0.2, 0) is 5.54 Å². The van der Waals surface area contributed by atoms with Crippen LogP contribution in [0.3, 0.4) is 0 Å². The zero-order valence-corrected chi connectivity index (χ0v) is 12.5. The molecule has 21 heavy (non-hydrogen) atoms. The SMILES string of the molecule is Cc1cc(-c2nc3cc(C#N)ccc3n2C(C)(C)C)on1. The molecule has 0 N–H and O–H groups in total. The summed E-state index contributed by atoms with van der Waals surface area (Å²) in [4.78, 5) is 4.65. The van der Waals surface area contributed by atoms with Crippen LogP contribution < -0.4 is 0 Å². The molecule has 3 rings (SSSR count). The number of benzene rings is 1. The lowest BCUT2D eigenvalue weighted by atomic mass is 10.1. The molecule has 0 unspecified atom stereocenters. The maximum absolute atomic E-state index is 9.04. The van der Waals surface area contributed by atoms with Crippen molar-refractivity contribution in [2.75, 3.05) is 0 Å². The summed E-state index contributed by atoms with van der Waals surface area (Å²) >= 11 is 0. The molecule has 0 saturated carbocycles. The van der Waals surface area contributed by atoms with Gasteiger partial charge in [-0.15, -0.1) is 0 Å². The molecule has 0 radical (unpaired) electrons. The summed E-state index contributed by atoms with van der Waals surface area (Å²) in [6, 6.07) is 9.55. The summed E-state index contributed by atoms with van der Waals surface area (Å²) < 4.78 is 7.49. The van der Waals surface area contributed by atoms with E-state index in [0.29, 0.717) is 11.3 Å². The van der Waals surface area contributed by atoms with Gasteiger partial charge in [0.05, 0.1) is 28.4 Å². The Labute approximate surface area is 122 Å².